The molecule has 2 N–H and O–H groups in total. The molecule has 0 saturated carbocycles. The van der Waals surface area contributed by atoms with E-state index >= 15 is 0 Å². The summed E-state index contributed by atoms with van der Waals surface area (Å²) in [6, 6.07) is 16.4. The Bertz CT molecular complexity index is 848. The molecule has 2 atom stereocenters. The number of furan rings is 1. The van der Waals surface area contributed by atoms with Gasteiger partial charge in [-0.3, -0.25) is 10.1 Å². The highest BCUT2D eigenvalue weighted by Crippen LogP contribution is 2.31. The summed E-state index contributed by atoms with van der Waals surface area (Å²) in [6.07, 6.45) is 1.19. The van der Waals surface area contributed by atoms with Crippen LogP contribution in [0, 0.1) is 10.1 Å². The number of nitro groups is 1. The quantitative estimate of drug-likeness (QED) is 0.444. The lowest BCUT2D eigenvalue weighted by Gasteiger charge is -2.21. The number of nitrogens with one attached hydrogen (secondary N) is 1. The van der Waals surface area contributed by atoms with Gasteiger partial charge in [0, 0.05) is 29.3 Å². The lowest BCUT2D eigenvalue weighted by molar-refractivity contribution is -0.384. The minimum Gasteiger partial charge on any atom is -0.467 e. The highest BCUT2D eigenvalue weighted by Gasteiger charge is 2.20. The van der Waals surface area contributed by atoms with Crippen molar-refractivity contribution < 1.29 is 14.4 Å². The first kappa shape index (κ1) is 18.0. The predicted octanol–water partition coefficient (Wildman–Crippen LogP) is 5.12. The van der Waals surface area contributed by atoms with Crippen molar-refractivity contribution in [1.82, 2.24) is 0 Å². The van der Waals surface area contributed by atoms with Crippen LogP contribution < -0.4 is 5.32 Å². The molecular weight excluding hydrogens is 356 g/mol. The van der Waals surface area contributed by atoms with Crippen molar-refractivity contribution in [2.75, 3.05) is 5.32 Å². The standard InChI is InChI=1S/C19H17ClN2O4/c20-14-5-3-13(4-6-14)18(23)12-17(19-2-1-11-26-19)21-15-7-9-16(10-8-15)22(24)25/h1-11,17-18,21,23H,12H2. The Morgan fingerprint density at radius 1 is 1.12 bits per heavy atom. The second-order valence-corrected chi connectivity index (χ2v) is 6.26. The maximum absolute atomic E-state index is 10.8. The van der Waals surface area contributed by atoms with E-state index in [1.165, 1.54) is 12.1 Å². The van der Waals surface area contributed by atoms with Gasteiger partial charge in [0.2, 0.25) is 0 Å². The average Bonchev–Trinajstić information content (AvgIpc) is 3.16. The summed E-state index contributed by atoms with van der Waals surface area (Å²) < 4.78 is 5.48. The molecule has 0 aliphatic heterocycles. The largest absolute Gasteiger partial charge is 0.467 e. The molecule has 0 bridgehead atoms. The van der Waals surface area contributed by atoms with Crippen molar-refractivity contribution in [3.05, 3.63) is 93.4 Å². The molecule has 0 aliphatic carbocycles. The number of hydrogen-bond donors (Lipinski definition) is 2. The van der Waals surface area contributed by atoms with Gasteiger partial charge in [0.05, 0.1) is 23.3 Å². The molecule has 6 nitrogen and oxygen atoms in total. The molecule has 0 aliphatic rings. The summed E-state index contributed by atoms with van der Waals surface area (Å²) in [5, 5.41) is 25.2. The topological polar surface area (TPSA) is 88.5 Å². The molecule has 1 heterocycles. The van der Waals surface area contributed by atoms with Crippen molar-refractivity contribution >= 4 is 23.0 Å². The molecular formula is C19H17ClN2O4. The lowest BCUT2D eigenvalue weighted by atomic mass is 10.00. The number of aliphatic hydroxyl groups is 1. The van der Waals surface area contributed by atoms with Crippen LogP contribution in [0.4, 0.5) is 11.4 Å². The third kappa shape index (κ3) is 4.41. The van der Waals surface area contributed by atoms with E-state index in [1.54, 1.807) is 48.7 Å². The molecule has 0 spiro atoms. The zero-order valence-corrected chi connectivity index (χ0v) is 14.5. The number of aliphatic hydroxyl groups excluding tert-OH is 1. The Labute approximate surface area is 155 Å². The van der Waals surface area contributed by atoms with Crippen molar-refractivity contribution in [3.8, 4) is 0 Å². The summed E-state index contributed by atoms with van der Waals surface area (Å²) >= 11 is 5.89. The SMILES string of the molecule is O=[N+]([O-])c1ccc(NC(CC(O)c2ccc(Cl)cc2)c2ccco2)cc1. The molecule has 2 unspecified atom stereocenters. The zero-order chi connectivity index (χ0) is 18.5. The second kappa shape index (κ2) is 8.03. The van der Waals surface area contributed by atoms with Crippen molar-refractivity contribution in [2.45, 2.75) is 18.6 Å². The number of benzene rings is 2. The third-order valence-electron chi connectivity index (χ3n) is 4.02. The van der Waals surface area contributed by atoms with E-state index in [1.807, 2.05) is 6.07 Å². The van der Waals surface area contributed by atoms with Gasteiger partial charge >= 0.3 is 0 Å². The fourth-order valence-corrected chi connectivity index (χ4v) is 2.79. The van der Waals surface area contributed by atoms with Gasteiger partial charge in [0.15, 0.2) is 0 Å². The van der Waals surface area contributed by atoms with Gasteiger partial charge in [0.1, 0.15) is 5.76 Å². The van der Waals surface area contributed by atoms with Crippen molar-refractivity contribution in [2.24, 2.45) is 0 Å². The predicted molar refractivity (Wildman–Crippen MR) is 99.2 cm³/mol. The highest BCUT2D eigenvalue weighted by atomic mass is 35.5. The molecule has 0 fully saturated rings. The minimum atomic E-state index is -0.729. The molecule has 3 aromatic rings. The highest BCUT2D eigenvalue weighted by molar-refractivity contribution is 6.30. The fourth-order valence-electron chi connectivity index (χ4n) is 2.66. The second-order valence-electron chi connectivity index (χ2n) is 5.82. The molecule has 7 heteroatoms. The Hall–Kier alpha value is -2.83. The fraction of sp³-hybridized carbons (Fsp3) is 0.158. The number of nitro benzene ring substituents is 1. The van der Waals surface area contributed by atoms with Gasteiger partial charge in [0.25, 0.3) is 5.69 Å². The average molecular weight is 373 g/mol. The number of hydrogen-bond acceptors (Lipinski definition) is 5. The number of non-ortho nitro benzene ring substituents is 1. The molecule has 0 saturated heterocycles. The third-order valence-corrected chi connectivity index (χ3v) is 4.27. The van der Waals surface area contributed by atoms with E-state index in [2.05, 4.69) is 5.32 Å². The molecule has 1 aromatic heterocycles. The number of nitrogens with zero attached hydrogens (tertiary/aromatic N) is 1. The maximum Gasteiger partial charge on any atom is 0.269 e. The first-order valence-corrected chi connectivity index (χ1v) is 8.38. The van der Waals surface area contributed by atoms with Gasteiger partial charge in [-0.1, -0.05) is 23.7 Å². The Morgan fingerprint density at radius 3 is 2.38 bits per heavy atom. The van der Waals surface area contributed by atoms with Crippen LogP contribution in [0.2, 0.25) is 5.02 Å². The summed E-state index contributed by atoms with van der Waals surface area (Å²) in [7, 11) is 0. The van der Waals surface area contributed by atoms with Crippen LogP contribution in [0.15, 0.2) is 71.3 Å². The van der Waals surface area contributed by atoms with E-state index < -0.39 is 11.0 Å². The van der Waals surface area contributed by atoms with Crippen molar-refractivity contribution in [3.63, 3.8) is 0 Å². The van der Waals surface area contributed by atoms with E-state index in [0.29, 0.717) is 22.9 Å². The van der Waals surface area contributed by atoms with Gasteiger partial charge in [-0.15, -0.1) is 0 Å². The number of halogens is 1. The first-order chi connectivity index (χ1) is 12.5. The molecule has 2 aromatic carbocycles. The first-order valence-electron chi connectivity index (χ1n) is 8.01. The molecule has 134 valence electrons. The van der Waals surface area contributed by atoms with Crippen LogP contribution in [-0.4, -0.2) is 10.0 Å². The summed E-state index contributed by atoms with van der Waals surface area (Å²) in [6.45, 7) is 0. The lowest BCUT2D eigenvalue weighted by Crippen LogP contribution is -2.14. The monoisotopic (exact) mass is 372 g/mol. The van der Waals surface area contributed by atoms with Crippen LogP contribution in [0.1, 0.15) is 29.9 Å². The van der Waals surface area contributed by atoms with E-state index in [9.17, 15) is 15.2 Å². The smallest absolute Gasteiger partial charge is 0.269 e. The van der Waals surface area contributed by atoms with Crippen molar-refractivity contribution in [1.29, 1.82) is 0 Å². The van der Waals surface area contributed by atoms with Gasteiger partial charge in [-0.2, -0.15) is 0 Å². The van der Waals surface area contributed by atoms with Gasteiger partial charge in [-0.25, -0.2) is 0 Å². The number of rotatable bonds is 7. The van der Waals surface area contributed by atoms with Gasteiger partial charge < -0.3 is 14.8 Å². The van der Waals surface area contributed by atoms with E-state index in [4.69, 9.17) is 16.0 Å². The molecule has 0 amide bonds. The zero-order valence-electron chi connectivity index (χ0n) is 13.7. The van der Waals surface area contributed by atoms with Crippen LogP contribution in [0.25, 0.3) is 0 Å². The normalized spacial score (nSPS) is 13.2. The summed E-state index contributed by atoms with van der Waals surface area (Å²) in [5.41, 5.74) is 1.46. The maximum atomic E-state index is 10.8. The van der Waals surface area contributed by atoms with Crippen LogP contribution in [0.5, 0.6) is 0 Å². The number of anilines is 1. The van der Waals surface area contributed by atoms with Crippen LogP contribution in [-0.2, 0) is 0 Å². The summed E-state index contributed by atoms with van der Waals surface area (Å²) in [4.78, 5) is 10.3. The summed E-state index contributed by atoms with van der Waals surface area (Å²) in [5.74, 6) is 0.663. The van der Waals surface area contributed by atoms with Crippen LogP contribution >= 0.6 is 11.6 Å². The minimum absolute atomic E-state index is 0.0197. The Morgan fingerprint density at radius 2 is 1.81 bits per heavy atom. The van der Waals surface area contributed by atoms with Crippen LogP contribution in [0.3, 0.4) is 0 Å². The Kier molecular flexibility index (Phi) is 5.55. The molecule has 26 heavy (non-hydrogen) atoms. The Balaban J connectivity index is 1.77. The van der Waals surface area contributed by atoms with E-state index in [-0.39, 0.29) is 11.7 Å². The molecule has 3 rings (SSSR count). The molecule has 0 radical (unpaired) electrons. The van der Waals surface area contributed by atoms with Gasteiger partial charge in [-0.05, 0) is 42.0 Å². The van der Waals surface area contributed by atoms with E-state index in [0.717, 1.165) is 5.56 Å².